The number of rotatable bonds is 2. The van der Waals surface area contributed by atoms with Crippen molar-refractivity contribution in [3.8, 4) is 0 Å². The van der Waals surface area contributed by atoms with Crippen LogP contribution in [0.2, 0.25) is 0 Å². The van der Waals surface area contributed by atoms with Crippen LogP contribution >= 0.6 is 0 Å². The van der Waals surface area contributed by atoms with Crippen molar-refractivity contribution in [3.63, 3.8) is 0 Å². The van der Waals surface area contributed by atoms with Crippen LogP contribution in [-0.4, -0.2) is 29.8 Å². The second-order valence-electron chi connectivity index (χ2n) is 5.95. The number of piperidine rings is 1. The van der Waals surface area contributed by atoms with Gasteiger partial charge in [-0.05, 0) is 39.7 Å². The summed E-state index contributed by atoms with van der Waals surface area (Å²) in [5.74, 6) is 0.612. The highest BCUT2D eigenvalue weighted by molar-refractivity contribution is 5.98. The second-order valence-corrected chi connectivity index (χ2v) is 5.95. The first-order chi connectivity index (χ1) is 8.65. The Balaban J connectivity index is 1.76. The maximum atomic E-state index is 12.5. The van der Waals surface area contributed by atoms with Crippen LogP contribution in [0.5, 0.6) is 0 Å². The number of carbonyl (C=O) groups excluding carboxylic acids is 1. The normalized spacial score (nSPS) is 31.6. The highest BCUT2D eigenvalue weighted by Crippen LogP contribution is 2.38. The summed E-state index contributed by atoms with van der Waals surface area (Å²) in [7, 11) is 2.22. The van der Waals surface area contributed by atoms with Gasteiger partial charge in [-0.15, -0.1) is 0 Å². The zero-order valence-corrected chi connectivity index (χ0v) is 11.2. The molecule has 0 amide bonds. The van der Waals surface area contributed by atoms with Gasteiger partial charge in [0.2, 0.25) is 0 Å². The van der Waals surface area contributed by atoms with Gasteiger partial charge < -0.3 is 4.90 Å². The second kappa shape index (κ2) is 4.51. The fourth-order valence-electron chi connectivity index (χ4n) is 3.58. The summed E-state index contributed by atoms with van der Waals surface area (Å²) in [5, 5.41) is 0. The lowest BCUT2D eigenvalue weighted by Crippen LogP contribution is -2.42. The molecule has 0 radical (unpaired) electrons. The molecule has 0 saturated carbocycles. The third-order valence-corrected chi connectivity index (χ3v) is 4.81. The van der Waals surface area contributed by atoms with Gasteiger partial charge in [0.1, 0.15) is 0 Å². The summed E-state index contributed by atoms with van der Waals surface area (Å²) < 4.78 is 0. The van der Waals surface area contributed by atoms with Gasteiger partial charge in [-0.2, -0.15) is 0 Å². The van der Waals surface area contributed by atoms with Crippen LogP contribution in [0.25, 0.3) is 0 Å². The average molecular weight is 243 g/mol. The number of Topliss-reactive ketones (excluding diaryl/α,β-unsaturated/α-hetero) is 1. The summed E-state index contributed by atoms with van der Waals surface area (Å²) in [6.07, 6.45) is 4.66. The number of fused-ring (bicyclic) bond motifs is 2. The predicted molar refractivity (Wildman–Crippen MR) is 72.8 cm³/mol. The van der Waals surface area contributed by atoms with E-state index in [2.05, 4.69) is 18.9 Å². The van der Waals surface area contributed by atoms with Gasteiger partial charge >= 0.3 is 0 Å². The van der Waals surface area contributed by atoms with Crippen molar-refractivity contribution in [1.29, 1.82) is 0 Å². The number of aryl methyl sites for hydroxylation is 1. The predicted octanol–water partition coefficient (Wildman–Crippen LogP) is 3.05. The minimum Gasteiger partial charge on any atom is -0.300 e. The van der Waals surface area contributed by atoms with Crippen LogP contribution < -0.4 is 0 Å². The van der Waals surface area contributed by atoms with Gasteiger partial charge in [-0.1, -0.05) is 29.8 Å². The Hall–Kier alpha value is -1.15. The van der Waals surface area contributed by atoms with Crippen LogP contribution in [0.15, 0.2) is 24.3 Å². The van der Waals surface area contributed by atoms with E-state index in [-0.39, 0.29) is 5.92 Å². The minimum absolute atomic E-state index is 0.251. The largest absolute Gasteiger partial charge is 0.300 e. The molecule has 2 aliphatic heterocycles. The fraction of sp³-hybridized carbons (Fsp3) is 0.562. The Morgan fingerprint density at radius 3 is 2.22 bits per heavy atom. The van der Waals surface area contributed by atoms with Crippen molar-refractivity contribution in [3.05, 3.63) is 35.4 Å². The van der Waals surface area contributed by atoms with Gasteiger partial charge in [0.25, 0.3) is 0 Å². The van der Waals surface area contributed by atoms with Crippen LogP contribution in [0.3, 0.4) is 0 Å². The van der Waals surface area contributed by atoms with Crippen LogP contribution in [0.1, 0.15) is 41.6 Å². The van der Waals surface area contributed by atoms with Crippen LogP contribution in [-0.2, 0) is 0 Å². The number of nitrogens with zero attached hydrogens (tertiary/aromatic N) is 1. The molecule has 0 N–H and O–H groups in total. The van der Waals surface area contributed by atoms with E-state index in [4.69, 9.17) is 0 Å². The molecule has 2 unspecified atom stereocenters. The molecule has 2 nitrogen and oxygen atoms in total. The molecule has 1 aromatic rings. The molecule has 3 rings (SSSR count). The Kier molecular flexibility index (Phi) is 2.98. The van der Waals surface area contributed by atoms with Crippen molar-refractivity contribution in [1.82, 2.24) is 4.90 Å². The van der Waals surface area contributed by atoms with Gasteiger partial charge in [-0.25, -0.2) is 0 Å². The number of hydrogen-bond donors (Lipinski definition) is 0. The van der Waals surface area contributed by atoms with Crippen molar-refractivity contribution >= 4 is 5.78 Å². The van der Waals surface area contributed by atoms with E-state index in [0.29, 0.717) is 17.9 Å². The molecular formula is C16H21NO. The number of benzene rings is 1. The summed E-state index contributed by atoms with van der Waals surface area (Å²) in [5.41, 5.74) is 2.12. The molecule has 2 heteroatoms. The first-order valence-corrected chi connectivity index (χ1v) is 6.98. The lowest BCUT2D eigenvalue weighted by Gasteiger charge is -2.35. The first kappa shape index (κ1) is 11.9. The highest BCUT2D eigenvalue weighted by atomic mass is 16.1. The number of hydrogen-bond acceptors (Lipinski definition) is 2. The van der Waals surface area contributed by atoms with E-state index in [0.717, 1.165) is 18.4 Å². The van der Waals surface area contributed by atoms with Gasteiger partial charge in [0.05, 0.1) is 0 Å². The van der Waals surface area contributed by atoms with Crippen LogP contribution in [0.4, 0.5) is 0 Å². The van der Waals surface area contributed by atoms with Gasteiger partial charge in [0, 0.05) is 23.6 Å². The number of carbonyl (C=O) groups is 1. The van der Waals surface area contributed by atoms with E-state index in [1.165, 1.54) is 18.4 Å². The summed E-state index contributed by atoms with van der Waals surface area (Å²) in [6.45, 7) is 2.06. The Labute approximate surface area is 109 Å². The third kappa shape index (κ3) is 1.99. The summed E-state index contributed by atoms with van der Waals surface area (Å²) in [4.78, 5) is 15.0. The van der Waals surface area contributed by atoms with Gasteiger partial charge in [-0.3, -0.25) is 4.79 Å². The summed E-state index contributed by atoms with van der Waals surface area (Å²) in [6, 6.07) is 9.33. The van der Waals surface area contributed by atoms with Gasteiger partial charge in [0.15, 0.2) is 5.78 Å². The maximum Gasteiger partial charge on any atom is 0.166 e. The maximum absolute atomic E-state index is 12.5. The molecule has 2 heterocycles. The minimum atomic E-state index is 0.251. The van der Waals surface area contributed by atoms with Crippen molar-refractivity contribution < 1.29 is 4.79 Å². The number of ketones is 1. The van der Waals surface area contributed by atoms with E-state index < -0.39 is 0 Å². The van der Waals surface area contributed by atoms with E-state index in [9.17, 15) is 4.79 Å². The zero-order valence-electron chi connectivity index (χ0n) is 11.2. The molecule has 2 bridgehead atoms. The molecule has 96 valence electrons. The first-order valence-electron chi connectivity index (χ1n) is 6.98. The molecule has 0 spiro atoms. The zero-order chi connectivity index (χ0) is 12.7. The average Bonchev–Trinajstić information content (AvgIpc) is 2.62. The SMILES string of the molecule is Cc1ccc(C(=O)C2CC3CCC(C2)N3C)cc1. The molecule has 2 atom stereocenters. The van der Waals surface area contributed by atoms with E-state index in [1.807, 2.05) is 24.3 Å². The fourth-order valence-corrected chi connectivity index (χ4v) is 3.58. The molecular weight excluding hydrogens is 222 g/mol. The Morgan fingerprint density at radius 2 is 1.67 bits per heavy atom. The Morgan fingerprint density at radius 1 is 1.11 bits per heavy atom. The highest BCUT2D eigenvalue weighted by Gasteiger charge is 2.40. The molecule has 2 fully saturated rings. The molecule has 0 aromatic heterocycles. The lowest BCUT2D eigenvalue weighted by molar-refractivity contribution is 0.0767. The van der Waals surface area contributed by atoms with Crippen molar-refractivity contribution in [2.75, 3.05) is 7.05 Å². The van der Waals surface area contributed by atoms with Crippen molar-refractivity contribution in [2.45, 2.75) is 44.7 Å². The quantitative estimate of drug-likeness (QED) is 0.744. The van der Waals surface area contributed by atoms with Crippen LogP contribution in [0, 0.1) is 12.8 Å². The van der Waals surface area contributed by atoms with Crippen molar-refractivity contribution in [2.24, 2.45) is 5.92 Å². The summed E-state index contributed by atoms with van der Waals surface area (Å²) >= 11 is 0. The standard InChI is InChI=1S/C16H21NO/c1-11-3-5-12(6-4-11)16(18)13-9-14-7-8-15(10-13)17(14)2/h3-6,13-15H,7-10H2,1-2H3. The molecule has 2 saturated heterocycles. The molecule has 18 heavy (non-hydrogen) atoms. The van der Waals surface area contributed by atoms with E-state index in [1.54, 1.807) is 0 Å². The lowest BCUT2D eigenvalue weighted by atomic mass is 9.85. The topological polar surface area (TPSA) is 20.3 Å². The van der Waals surface area contributed by atoms with E-state index >= 15 is 0 Å². The smallest absolute Gasteiger partial charge is 0.166 e. The monoisotopic (exact) mass is 243 g/mol. The molecule has 0 aliphatic carbocycles. The molecule has 1 aromatic carbocycles. The molecule has 2 aliphatic rings. The third-order valence-electron chi connectivity index (χ3n) is 4.81. The Bertz CT molecular complexity index is 437.